The van der Waals surface area contributed by atoms with Crippen LogP contribution in [0.3, 0.4) is 0 Å². The Balaban J connectivity index is 1.92. The van der Waals surface area contributed by atoms with Gasteiger partial charge in [0.2, 0.25) is 0 Å². The van der Waals surface area contributed by atoms with E-state index in [1.54, 1.807) is 0 Å². The number of hydrogen-bond donors (Lipinski definition) is 1. The lowest BCUT2D eigenvalue weighted by Gasteiger charge is -2.35. The number of aryl methyl sites for hydroxylation is 1. The molecule has 3 aromatic rings. The van der Waals surface area contributed by atoms with Gasteiger partial charge in [-0.15, -0.1) is 5.10 Å². The maximum absolute atomic E-state index is 13.2. The first kappa shape index (κ1) is 18.8. The molecule has 0 radical (unpaired) electrons. The Hall–Kier alpha value is -2.54. The quantitative estimate of drug-likeness (QED) is 0.755. The molecule has 1 atom stereocenters. The summed E-state index contributed by atoms with van der Waals surface area (Å²) in [6.45, 7) is 10.1. The molecule has 7 nitrogen and oxygen atoms in total. The molecule has 0 saturated carbocycles. The Labute approximate surface area is 164 Å². The molecule has 0 amide bonds. The molecule has 1 fully saturated rings. The van der Waals surface area contributed by atoms with Crippen molar-refractivity contribution in [2.24, 2.45) is 0 Å². The maximum Gasteiger partial charge on any atom is 0.253 e. The van der Waals surface area contributed by atoms with Gasteiger partial charge in [0.15, 0.2) is 5.82 Å². The molecule has 1 aliphatic rings. The monoisotopic (exact) mass is 380 g/mol. The molecule has 3 heterocycles. The molecule has 0 unspecified atom stereocenters. The standard InChI is InChI=1S/C21H28N6O/c1-14-9-8-10-15-13-16(20(28)22-17(14)15)18(26-11-6-5-7-12-26)19-23-24-25-27(19)21(2,3)4/h8-10,13,18H,5-7,11-12H2,1-4H3,(H,22,28)/t18-/m1/s1. The molecule has 28 heavy (non-hydrogen) atoms. The van der Waals surface area contributed by atoms with Crippen molar-refractivity contribution < 1.29 is 0 Å². The van der Waals surface area contributed by atoms with E-state index >= 15 is 0 Å². The molecule has 7 heteroatoms. The van der Waals surface area contributed by atoms with Crippen LogP contribution >= 0.6 is 0 Å². The number of aromatic amines is 1. The summed E-state index contributed by atoms with van der Waals surface area (Å²) in [6, 6.07) is 7.84. The summed E-state index contributed by atoms with van der Waals surface area (Å²) in [5.74, 6) is 0.729. The number of para-hydroxylation sites is 1. The van der Waals surface area contributed by atoms with E-state index in [0.717, 1.165) is 48.2 Å². The van der Waals surface area contributed by atoms with Crippen molar-refractivity contribution in [3.8, 4) is 0 Å². The minimum absolute atomic E-state index is 0.0687. The fourth-order valence-corrected chi connectivity index (χ4v) is 4.12. The zero-order valence-electron chi connectivity index (χ0n) is 17.1. The molecule has 0 aliphatic carbocycles. The summed E-state index contributed by atoms with van der Waals surface area (Å²) in [7, 11) is 0. The third-order valence-corrected chi connectivity index (χ3v) is 5.54. The summed E-state index contributed by atoms with van der Waals surface area (Å²) in [5.41, 5.74) is 2.33. The number of hydrogen-bond acceptors (Lipinski definition) is 5. The van der Waals surface area contributed by atoms with Gasteiger partial charge in [0.1, 0.15) is 6.04 Å². The normalized spacial score (nSPS) is 17.1. The van der Waals surface area contributed by atoms with E-state index in [4.69, 9.17) is 0 Å². The van der Waals surface area contributed by atoms with Crippen LogP contribution in [-0.2, 0) is 5.54 Å². The number of pyridine rings is 1. The van der Waals surface area contributed by atoms with Crippen molar-refractivity contribution in [2.45, 2.75) is 58.5 Å². The fourth-order valence-electron chi connectivity index (χ4n) is 4.12. The second-order valence-electron chi connectivity index (χ2n) is 8.71. The maximum atomic E-state index is 13.2. The van der Waals surface area contributed by atoms with Gasteiger partial charge in [0, 0.05) is 5.56 Å². The van der Waals surface area contributed by atoms with Crippen LogP contribution in [0.15, 0.2) is 29.1 Å². The topological polar surface area (TPSA) is 79.7 Å². The largest absolute Gasteiger partial charge is 0.321 e. The molecule has 1 N–H and O–H groups in total. The summed E-state index contributed by atoms with van der Waals surface area (Å²) in [5, 5.41) is 13.6. The highest BCUT2D eigenvalue weighted by Gasteiger charge is 2.33. The fraction of sp³-hybridized carbons (Fsp3) is 0.524. The number of rotatable bonds is 3. The first-order valence-corrected chi connectivity index (χ1v) is 10.0. The number of nitrogens with zero attached hydrogens (tertiary/aromatic N) is 5. The van der Waals surface area contributed by atoms with E-state index in [9.17, 15) is 4.79 Å². The number of likely N-dealkylation sites (tertiary alicyclic amines) is 1. The van der Waals surface area contributed by atoms with Gasteiger partial charge >= 0.3 is 0 Å². The summed E-state index contributed by atoms with van der Waals surface area (Å²) in [4.78, 5) is 18.6. The Morgan fingerprint density at radius 2 is 1.89 bits per heavy atom. The van der Waals surface area contributed by atoms with Crippen LogP contribution in [0.5, 0.6) is 0 Å². The second kappa shape index (κ2) is 7.13. The third kappa shape index (κ3) is 3.35. The minimum atomic E-state index is -0.271. The highest BCUT2D eigenvalue weighted by atomic mass is 16.1. The van der Waals surface area contributed by atoms with Gasteiger partial charge in [0.25, 0.3) is 5.56 Å². The lowest BCUT2D eigenvalue weighted by atomic mass is 9.99. The molecule has 1 saturated heterocycles. The molecular formula is C21H28N6O. The third-order valence-electron chi connectivity index (χ3n) is 5.54. The van der Waals surface area contributed by atoms with E-state index in [1.165, 1.54) is 6.42 Å². The Morgan fingerprint density at radius 1 is 1.14 bits per heavy atom. The summed E-state index contributed by atoms with van der Waals surface area (Å²) in [6.07, 6.45) is 3.47. The van der Waals surface area contributed by atoms with Crippen LogP contribution in [0.25, 0.3) is 10.9 Å². The van der Waals surface area contributed by atoms with Crippen molar-refractivity contribution >= 4 is 10.9 Å². The van der Waals surface area contributed by atoms with Crippen molar-refractivity contribution in [1.82, 2.24) is 30.1 Å². The summed E-state index contributed by atoms with van der Waals surface area (Å²) >= 11 is 0. The number of nitrogens with one attached hydrogen (secondary N) is 1. The lowest BCUT2D eigenvalue weighted by Crippen LogP contribution is -2.40. The average Bonchev–Trinajstić information content (AvgIpc) is 3.14. The molecule has 4 rings (SSSR count). The van der Waals surface area contributed by atoms with Gasteiger partial charge < -0.3 is 4.98 Å². The number of piperidine rings is 1. The van der Waals surface area contributed by atoms with Crippen molar-refractivity contribution in [3.63, 3.8) is 0 Å². The van der Waals surface area contributed by atoms with E-state index in [0.29, 0.717) is 5.56 Å². The van der Waals surface area contributed by atoms with E-state index in [-0.39, 0.29) is 17.1 Å². The Kier molecular flexibility index (Phi) is 4.79. The van der Waals surface area contributed by atoms with Crippen LogP contribution in [0, 0.1) is 6.92 Å². The van der Waals surface area contributed by atoms with Gasteiger partial charge in [-0.2, -0.15) is 0 Å². The predicted molar refractivity (Wildman–Crippen MR) is 109 cm³/mol. The van der Waals surface area contributed by atoms with Crippen molar-refractivity contribution in [3.05, 3.63) is 51.6 Å². The molecule has 148 valence electrons. The minimum Gasteiger partial charge on any atom is -0.321 e. The van der Waals surface area contributed by atoms with Gasteiger partial charge in [-0.25, -0.2) is 4.68 Å². The summed E-state index contributed by atoms with van der Waals surface area (Å²) < 4.78 is 1.85. The second-order valence-corrected chi connectivity index (χ2v) is 8.71. The van der Waals surface area contributed by atoms with Crippen LogP contribution < -0.4 is 5.56 Å². The molecular weight excluding hydrogens is 352 g/mol. The van der Waals surface area contributed by atoms with E-state index in [1.807, 2.05) is 35.9 Å². The molecule has 1 aliphatic heterocycles. The zero-order chi connectivity index (χ0) is 19.9. The van der Waals surface area contributed by atoms with Gasteiger partial charge in [-0.05, 0) is 81.1 Å². The Morgan fingerprint density at radius 3 is 2.61 bits per heavy atom. The highest BCUT2D eigenvalue weighted by Crippen LogP contribution is 2.31. The number of tetrazole rings is 1. The van der Waals surface area contributed by atoms with Crippen molar-refractivity contribution in [2.75, 3.05) is 13.1 Å². The Bertz CT molecular complexity index is 1040. The van der Waals surface area contributed by atoms with E-state index in [2.05, 4.69) is 46.2 Å². The number of aromatic nitrogens is 5. The van der Waals surface area contributed by atoms with Gasteiger partial charge in [0.05, 0.1) is 11.1 Å². The highest BCUT2D eigenvalue weighted by molar-refractivity contribution is 5.82. The predicted octanol–water partition coefficient (Wildman–Crippen LogP) is 3.15. The smallest absolute Gasteiger partial charge is 0.253 e. The number of fused-ring (bicyclic) bond motifs is 1. The first-order chi connectivity index (χ1) is 13.4. The molecule has 0 bridgehead atoms. The number of benzene rings is 1. The molecule has 0 spiro atoms. The SMILES string of the molecule is Cc1cccc2cc([C@H](c3nnnn3C(C)(C)C)N3CCCCC3)c(=O)[nH]c12. The lowest BCUT2D eigenvalue weighted by molar-refractivity contribution is 0.170. The van der Waals surface area contributed by atoms with Crippen LogP contribution in [-0.4, -0.2) is 43.2 Å². The van der Waals surface area contributed by atoms with Crippen molar-refractivity contribution in [1.29, 1.82) is 0 Å². The molecule has 2 aromatic heterocycles. The number of H-pyrrole nitrogens is 1. The van der Waals surface area contributed by atoms with Crippen LogP contribution in [0.4, 0.5) is 0 Å². The van der Waals surface area contributed by atoms with Crippen LogP contribution in [0.2, 0.25) is 0 Å². The van der Waals surface area contributed by atoms with Crippen LogP contribution in [0.1, 0.15) is 63.0 Å². The van der Waals surface area contributed by atoms with Gasteiger partial charge in [-0.1, -0.05) is 24.6 Å². The van der Waals surface area contributed by atoms with Gasteiger partial charge in [-0.3, -0.25) is 9.69 Å². The zero-order valence-corrected chi connectivity index (χ0v) is 17.1. The van der Waals surface area contributed by atoms with E-state index < -0.39 is 0 Å². The first-order valence-electron chi connectivity index (χ1n) is 10.0. The average molecular weight is 380 g/mol. The molecule has 1 aromatic carbocycles.